The number of nitrogens with one attached hydrogen (secondary N) is 1. The van der Waals surface area contributed by atoms with Crippen molar-refractivity contribution in [3.05, 3.63) is 23.8 Å². The minimum Gasteiger partial charge on any atom is -0.399 e. The highest BCUT2D eigenvalue weighted by Gasteiger charge is 2.12. The summed E-state index contributed by atoms with van der Waals surface area (Å²) in [5.41, 5.74) is 8.18. The number of benzene rings is 1. The quantitative estimate of drug-likeness (QED) is 0.815. The smallest absolute Gasteiger partial charge is 0.225 e. The molecule has 0 aliphatic carbocycles. The van der Waals surface area contributed by atoms with Gasteiger partial charge in [0.15, 0.2) is 0 Å². The highest BCUT2D eigenvalue weighted by molar-refractivity contribution is 5.91. The van der Waals surface area contributed by atoms with Crippen molar-refractivity contribution in [3.8, 4) is 0 Å². The molecule has 2 rings (SSSR count). The van der Waals surface area contributed by atoms with Gasteiger partial charge in [0.2, 0.25) is 5.91 Å². The summed E-state index contributed by atoms with van der Waals surface area (Å²) >= 11 is 0. The van der Waals surface area contributed by atoms with Crippen LogP contribution < -0.4 is 11.1 Å². The first-order valence-electron chi connectivity index (χ1n) is 6.69. The van der Waals surface area contributed by atoms with E-state index in [0.717, 1.165) is 37.2 Å². The van der Waals surface area contributed by atoms with E-state index >= 15 is 0 Å². The molecule has 5 nitrogen and oxygen atoms in total. The molecule has 1 amide bonds. The largest absolute Gasteiger partial charge is 0.399 e. The van der Waals surface area contributed by atoms with E-state index < -0.39 is 0 Å². The molecule has 1 fully saturated rings. The first-order chi connectivity index (χ1) is 9.15. The fourth-order valence-corrected chi connectivity index (χ4v) is 2.09. The number of nitrogens with zero attached hydrogens (tertiary/aromatic N) is 1. The molecule has 5 heteroatoms. The van der Waals surface area contributed by atoms with Gasteiger partial charge in [-0.15, -0.1) is 0 Å². The molecular weight excluding hydrogens is 242 g/mol. The van der Waals surface area contributed by atoms with Crippen molar-refractivity contribution in [1.29, 1.82) is 0 Å². The second-order valence-corrected chi connectivity index (χ2v) is 4.84. The number of carbonyl (C=O) groups is 1. The number of anilines is 2. The Kier molecular flexibility index (Phi) is 4.76. The van der Waals surface area contributed by atoms with Gasteiger partial charge in [-0.2, -0.15) is 5.06 Å². The van der Waals surface area contributed by atoms with Gasteiger partial charge in [0.1, 0.15) is 0 Å². The van der Waals surface area contributed by atoms with E-state index in [1.807, 2.05) is 24.1 Å². The number of nitrogens with two attached hydrogens (primary N) is 1. The molecule has 1 aliphatic rings. The highest BCUT2D eigenvalue weighted by Crippen LogP contribution is 2.17. The van der Waals surface area contributed by atoms with Crippen molar-refractivity contribution < 1.29 is 9.63 Å². The minimum absolute atomic E-state index is 0.00189. The van der Waals surface area contributed by atoms with Gasteiger partial charge in [-0.05, 0) is 43.5 Å². The fourth-order valence-electron chi connectivity index (χ4n) is 2.09. The summed E-state index contributed by atoms with van der Waals surface area (Å²) in [5.74, 6) is 0.00189. The Bertz CT molecular complexity index is 442. The summed E-state index contributed by atoms with van der Waals surface area (Å²) in [6.07, 6.45) is 2.68. The zero-order valence-corrected chi connectivity index (χ0v) is 11.3. The third kappa shape index (κ3) is 4.22. The lowest BCUT2D eigenvalue weighted by atomic mass is 10.2. The van der Waals surface area contributed by atoms with E-state index in [4.69, 9.17) is 10.6 Å². The Labute approximate surface area is 113 Å². The predicted molar refractivity (Wildman–Crippen MR) is 75.6 cm³/mol. The molecule has 1 saturated heterocycles. The van der Waals surface area contributed by atoms with Crippen LogP contribution in [0.5, 0.6) is 0 Å². The van der Waals surface area contributed by atoms with E-state index in [1.54, 1.807) is 6.07 Å². The fraction of sp³-hybridized carbons (Fsp3) is 0.500. The maximum absolute atomic E-state index is 11.9. The highest BCUT2D eigenvalue weighted by atomic mass is 16.7. The van der Waals surface area contributed by atoms with E-state index in [-0.39, 0.29) is 5.91 Å². The van der Waals surface area contributed by atoms with Crippen LogP contribution in [0.15, 0.2) is 18.2 Å². The third-order valence-electron chi connectivity index (χ3n) is 3.19. The molecule has 1 heterocycles. The van der Waals surface area contributed by atoms with Crippen LogP contribution in [0, 0.1) is 6.92 Å². The van der Waals surface area contributed by atoms with Crippen molar-refractivity contribution in [2.45, 2.75) is 26.2 Å². The third-order valence-corrected chi connectivity index (χ3v) is 3.19. The Hall–Kier alpha value is -1.59. The average Bonchev–Trinajstić information content (AvgIpc) is 2.41. The van der Waals surface area contributed by atoms with Crippen LogP contribution >= 0.6 is 0 Å². The monoisotopic (exact) mass is 263 g/mol. The molecule has 0 radical (unpaired) electrons. The molecule has 0 spiro atoms. The summed E-state index contributed by atoms with van der Waals surface area (Å²) in [7, 11) is 0. The lowest BCUT2D eigenvalue weighted by molar-refractivity contribution is -0.181. The summed E-state index contributed by atoms with van der Waals surface area (Å²) in [6.45, 7) is 4.24. The van der Waals surface area contributed by atoms with E-state index in [9.17, 15) is 4.79 Å². The summed E-state index contributed by atoms with van der Waals surface area (Å²) in [5, 5.41) is 4.77. The SMILES string of the molecule is Cc1cc(N)ccc1NC(=O)CCN1CCCCO1. The predicted octanol–water partition coefficient (Wildman–Crippen LogP) is 1.93. The second kappa shape index (κ2) is 6.54. The molecule has 19 heavy (non-hydrogen) atoms. The minimum atomic E-state index is 0.00189. The van der Waals surface area contributed by atoms with Crippen LogP contribution in [-0.4, -0.2) is 30.7 Å². The average molecular weight is 263 g/mol. The van der Waals surface area contributed by atoms with Gasteiger partial charge in [-0.25, -0.2) is 0 Å². The van der Waals surface area contributed by atoms with Gasteiger partial charge in [0, 0.05) is 30.9 Å². The standard InChI is InChI=1S/C14H21N3O2/c1-11-10-12(15)4-5-13(11)16-14(18)6-8-17-7-2-3-9-19-17/h4-5,10H,2-3,6-9,15H2,1H3,(H,16,18). The van der Waals surface area contributed by atoms with Gasteiger partial charge in [-0.3, -0.25) is 9.63 Å². The first kappa shape index (κ1) is 13.8. The molecule has 3 N–H and O–H groups in total. The van der Waals surface area contributed by atoms with E-state index in [2.05, 4.69) is 5.32 Å². The number of rotatable bonds is 4. The van der Waals surface area contributed by atoms with Gasteiger partial charge in [-0.1, -0.05) is 0 Å². The Morgan fingerprint density at radius 1 is 1.47 bits per heavy atom. The maximum atomic E-state index is 11.9. The second-order valence-electron chi connectivity index (χ2n) is 4.84. The summed E-state index contributed by atoms with van der Waals surface area (Å²) < 4.78 is 0. The topological polar surface area (TPSA) is 67.6 Å². The van der Waals surface area contributed by atoms with Crippen molar-refractivity contribution in [2.75, 3.05) is 30.7 Å². The Morgan fingerprint density at radius 3 is 3.00 bits per heavy atom. The lowest BCUT2D eigenvalue weighted by Crippen LogP contribution is -2.32. The van der Waals surface area contributed by atoms with Crippen molar-refractivity contribution >= 4 is 17.3 Å². The normalized spacial score (nSPS) is 16.3. The molecule has 0 saturated carbocycles. The molecule has 1 aromatic carbocycles. The maximum Gasteiger partial charge on any atom is 0.225 e. The zero-order valence-electron chi connectivity index (χ0n) is 11.3. The number of carbonyl (C=O) groups excluding carboxylic acids is 1. The lowest BCUT2D eigenvalue weighted by Gasteiger charge is -2.25. The van der Waals surface area contributed by atoms with Gasteiger partial charge < -0.3 is 11.1 Å². The molecule has 0 bridgehead atoms. The molecule has 1 aliphatic heterocycles. The molecule has 0 aromatic heterocycles. The van der Waals surface area contributed by atoms with Crippen LogP contribution in [-0.2, 0) is 9.63 Å². The number of hydrogen-bond acceptors (Lipinski definition) is 4. The first-order valence-corrected chi connectivity index (χ1v) is 6.69. The van der Waals surface area contributed by atoms with Crippen molar-refractivity contribution in [3.63, 3.8) is 0 Å². The van der Waals surface area contributed by atoms with Crippen LogP contribution in [0.25, 0.3) is 0 Å². The molecule has 1 aromatic rings. The molecule has 0 unspecified atom stereocenters. The number of amides is 1. The number of aryl methyl sites for hydroxylation is 1. The van der Waals surface area contributed by atoms with Crippen LogP contribution in [0.1, 0.15) is 24.8 Å². The number of hydrogen-bond donors (Lipinski definition) is 2. The number of hydroxylamine groups is 2. The summed E-state index contributed by atoms with van der Waals surface area (Å²) in [6, 6.07) is 5.47. The van der Waals surface area contributed by atoms with Gasteiger partial charge in [0.05, 0.1) is 6.61 Å². The zero-order chi connectivity index (χ0) is 13.7. The summed E-state index contributed by atoms with van der Waals surface area (Å²) in [4.78, 5) is 17.3. The molecule has 0 atom stereocenters. The molecular formula is C14H21N3O2. The Morgan fingerprint density at radius 2 is 2.32 bits per heavy atom. The van der Waals surface area contributed by atoms with Crippen LogP contribution in [0.4, 0.5) is 11.4 Å². The number of nitrogen functional groups attached to an aromatic ring is 1. The van der Waals surface area contributed by atoms with Gasteiger partial charge >= 0.3 is 0 Å². The Balaban J connectivity index is 1.80. The van der Waals surface area contributed by atoms with Crippen molar-refractivity contribution in [1.82, 2.24) is 5.06 Å². The molecule has 104 valence electrons. The van der Waals surface area contributed by atoms with Crippen LogP contribution in [0.3, 0.4) is 0 Å². The van der Waals surface area contributed by atoms with Gasteiger partial charge in [0.25, 0.3) is 0 Å². The van der Waals surface area contributed by atoms with E-state index in [1.165, 1.54) is 0 Å². The van der Waals surface area contributed by atoms with E-state index in [0.29, 0.717) is 18.7 Å². The van der Waals surface area contributed by atoms with Crippen LogP contribution in [0.2, 0.25) is 0 Å². The van der Waals surface area contributed by atoms with Crippen molar-refractivity contribution in [2.24, 2.45) is 0 Å².